The molecule has 0 atom stereocenters. The number of nitrogens with one attached hydrogen (secondary N) is 2. The molecule has 0 aliphatic heterocycles. The smallest absolute Gasteiger partial charge is 0.271 e. The maximum Gasteiger partial charge on any atom is 0.271 e. The van der Waals surface area contributed by atoms with Gasteiger partial charge in [0.25, 0.3) is 5.91 Å². The highest BCUT2D eigenvalue weighted by Gasteiger charge is 2.13. The van der Waals surface area contributed by atoms with Crippen LogP contribution in [-0.4, -0.2) is 42.9 Å². The van der Waals surface area contributed by atoms with Gasteiger partial charge in [0.05, 0.1) is 38.1 Å². The first kappa shape index (κ1) is 21.9. The van der Waals surface area contributed by atoms with Crippen molar-refractivity contribution in [1.29, 1.82) is 0 Å². The van der Waals surface area contributed by atoms with Crippen molar-refractivity contribution in [2.75, 3.05) is 20.8 Å². The Morgan fingerprint density at radius 2 is 1.79 bits per heavy atom. The molecule has 4 aromatic rings. The summed E-state index contributed by atoms with van der Waals surface area (Å²) < 4.78 is 16.4. The van der Waals surface area contributed by atoms with Crippen molar-refractivity contribution in [3.05, 3.63) is 71.8 Å². The van der Waals surface area contributed by atoms with E-state index in [2.05, 4.69) is 20.5 Å². The Morgan fingerprint density at radius 3 is 2.45 bits per heavy atom. The van der Waals surface area contributed by atoms with E-state index in [9.17, 15) is 4.79 Å². The molecule has 8 nitrogen and oxygen atoms in total. The molecule has 0 bridgehead atoms. The minimum atomic E-state index is -0.339. The van der Waals surface area contributed by atoms with Crippen LogP contribution >= 0.6 is 0 Å². The number of nitrogens with zero attached hydrogens (tertiary/aromatic N) is 2. The highest BCUT2D eigenvalue weighted by atomic mass is 16.5. The third kappa shape index (κ3) is 4.79. The van der Waals surface area contributed by atoms with E-state index < -0.39 is 0 Å². The summed E-state index contributed by atoms with van der Waals surface area (Å²) in [4.78, 5) is 20.5. The van der Waals surface area contributed by atoms with Gasteiger partial charge in [0.2, 0.25) is 5.75 Å². The molecule has 0 unspecified atom stereocenters. The molecule has 1 heterocycles. The van der Waals surface area contributed by atoms with Gasteiger partial charge in [-0.2, -0.15) is 5.10 Å². The maximum absolute atomic E-state index is 12.6. The predicted molar refractivity (Wildman–Crippen MR) is 127 cm³/mol. The van der Waals surface area contributed by atoms with Crippen LogP contribution < -0.4 is 19.6 Å². The minimum Gasteiger partial charge on any atom is -0.493 e. The summed E-state index contributed by atoms with van der Waals surface area (Å²) in [5, 5.41) is 4.07. The van der Waals surface area contributed by atoms with Gasteiger partial charge in [-0.15, -0.1) is 0 Å². The molecule has 0 saturated carbocycles. The van der Waals surface area contributed by atoms with Crippen LogP contribution in [0.4, 0.5) is 0 Å². The summed E-state index contributed by atoms with van der Waals surface area (Å²) in [7, 11) is 3.10. The van der Waals surface area contributed by atoms with Crippen LogP contribution in [0.25, 0.3) is 22.4 Å². The molecular weight excluding hydrogens is 420 g/mol. The van der Waals surface area contributed by atoms with Gasteiger partial charge in [0, 0.05) is 16.7 Å². The lowest BCUT2D eigenvalue weighted by Gasteiger charge is -2.14. The Kier molecular flexibility index (Phi) is 6.54. The number of carbonyl (C=O) groups excluding carboxylic acids is 1. The Labute approximate surface area is 191 Å². The molecule has 8 heteroatoms. The molecule has 33 heavy (non-hydrogen) atoms. The number of carbonyl (C=O) groups is 1. The highest BCUT2D eigenvalue weighted by molar-refractivity contribution is 5.98. The lowest BCUT2D eigenvalue weighted by Crippen LogP contribution is -2.17. The van der Waals surface area contributed by atoms with Crippen molar-refractivity contribution in [3.8, 4) is 28.6 Å². The minimum absolute atomic E-state index is 0.339. The Hall–Kier alpha value is -4.33. The highest BCUT2D eigenvalue weighted by Crippen LogP contribution is 2.38. The van der Waals surface area contributed by atoms with E-state index in [1.165, 1.54) is 6.21 Å². The summed E-state index contributed by atoms with van der Waals surface area (Å²) in [5.41, 5.74) is 6.22. The number of H-pyrrole nitrogens is 1. The monoisotopic (exact) mass is 444 g/mol. The van der Waals surface area contributed by atoms with Crippen LogP contribution in [-0.2, 0) is 0 Å². The Morgan fingerprint density at radius 1 is 1.06 bits per heavy atom. The number of aromatic nitrogens is 2. The first-order chi connectivity index (χ1) is 16.1. The molecule has 0 aliphatic carbocycles. The van der Waals surface area contributed by atoms with E-state index in [0.29, 0.717) is 35.0 Å². The van der Waals surface area contributed by atoms with Gasteiger partial charge in [-0.05, 0) is 37.3 Å². The zero-order valence-corrected chi connectivity index (χ0v) is 18.6. The Balaban J connectivity index is 1.50. The van der Waals surface area contributed by atoms with E-state index in [-0.39, 0.29) is 5.91 Å². The van der Waals surface area contributed by atoms with Gasteiger partial charge in [0.1, 0.15) is 5.82 Å². The molecule has 3 aromatic carbocycles. The number of rotatable bonds is 8. The summed E-state index contributed by atoms with van der Waals surface area (Å²) in [5.74, 6) is 1.96. The predicted octanol–water partition coefficient (Wildman–Crippen LogP) is 4.41. The second-order valence-electron chi connectivity index (χ2n) is 7.07. The number of fused-ring (bicyclic) bond motifs is 1. The van der Waals surface area contributed by atoms with Crippen molar-refractivity contribution >= 4 is 23.2 Å². The van der Waals surface area contributed by atoms with E-state index in [0.717, 1.165) is 22.4 Å². The molecule has 1 aromatic heterocycles. The van der Waals surface area contributed by atoms with E-state index in [1.807, 2.05) is 37.3 Å². The molecule has 0 fully saturated rings. The maximum atomic E-state index is 12.6. The number of hydrogen-bond acceptors (Lipinski definition) is 6. The number of amides is 1. The summed E-state index contributed by atoms with van der Waals surface area (Å²) in [6.45, 7) is 2.36. The van der Waals surface area contributed by atoms with E-state index in [4.69, 9.17) is 14.2 Å². The van der Waals surface area contributed by atoms with Gasteiger partial charge in [-0.1, -0.05) is 30.3 Å². The van der Waals surface area contributed by atoms with Crippen LogP contribution in [0, 0.1) is 0 Å². The molecular formula is C25H24N4O4. The molecule has 4 rings (SSSR count). The average molecular weight is 444 g/mol. The molecule has 2 N–H and O–H groups in total. The topological polar surface area (TPSA) is 97.8 Å². The van der Waals surface area contributed by atoms with Crippen molar-refractivity contribution in [1.82, 2.24) is 15.4 Å². The van der Waals surface area contributed by atoms with Crippen LogP contribution in [0.1, 0.15) is 22.8 Å². The number of ether oxygens (including phenoxy) is 3. The molecule has 0 aliphatic rings. The van der Waals surface area contributed by atoms with Crippen molar-refractivity contribution < 1.29 is 19.0 Å². The van der Waals surface area contributed by atoms with Crippen LogP contribution in [0.15, 0.2) is 65.8 Å². The number of methoxy groups -OCH3 is 2. The second-order valence-corrected chi connectivity index (χ2v) is 7.07. The zero-order chi connectivity index (χ0) is 23.2. The quantitative estimate of drug-likeness (QED) is 0.310. The van der Waals surface area contributed by atoms with Gasteiger partial charge in [-0.3, -0.25) is 4.79 Å². The summed E-state index contributed by atoms with van der Waals surface area (Å²) >= 11 is 0. The van der Waals surface area contributed by atoms with Crippen molar-refractivity contribution in [2.24, 2.45) is 5.10 Å². The number of imidazole rings is 1. The normalized spacial score (nSPS) is 11.0. The SMILES string of the molecule is CCOc1c(OC)cc(/C=N/NC(=O)c2ccc3nc(-c4ccccc4)[nH]c3c2)cc1OC. The Bertz CT molecular complexity index is 1270. The standard InChI is InChI=1S/C25H24N4O4/c1-4-33-23-21(31-2)12-16(13-22(23)32-3)15-26-29-25(30)18-10-11-19-20(14-18)28-24(27-19)17-8-6-5-7-9-17/h5-15H,4H2,1-3H3,(H,27,28)(H,29,30)/b26-15+. The molecule has 0 saturated heterocycles. The summed E-state index contributed by atoms with van der Waals surface area (Å²) in [6.07, 6.45) is 1.51. The fourth-order valence-electron chi connectivity index (χ4n) is 3.37. The van der Waals surface area contributed by atoms with Crippen molar-refractivity contribution in [2.45, 2.75) is 6.92 Å². The fraction of sp³-hybridized carbons (Fsp3) is 0.160. The third-order valence-electron chi connectivity index (χ3n) is 4.94. The van der Waals surface area contributed by atoms with Gasteiger partial charge >= 0.3 is 0 Å². The van der Waals surface area contributed by atoms with E-state index >= 15 is 0 Å². The largest absolute Gasteiger partial charge is 0.493 e. The van der Waals surface area contributed by atoms with Gasteiger partial charge < -0.3 is 19.2 Å². The second kappa shape index (κ2) is 9.86. The molecule has 0 spiro atoms. The average Bonchev–Trinajstić information content (AvgIpc) is 3.28. The molecule has 0 radical (unpaired) electrons. The molecule has 1 amide bonds. The molecule has 168 valence electrons. The first-order valence-electron chi connectivity index (χ1n) is 10.4. The van der Waals surface area contributed by atoms with Gasteiger partial charge in [0.15, 0.2) is 11.5 Å². The number of benzene rings is 3. The first-order valence-corrected chi connectivity index (χ1v) is 10.4. The summed E-state index contributed by atoms with van der Waals surface area (Å²) in [6, 6.07) is 18.6. The van der Waals surface area contributed by atoms with Crippen LogP contribution in [0.3, 0.4) is 0 Å². The van der Waals surface area contributed by atoms with Gasteiger partial charge in [-0.25, -0.2) is 10.4 Å². The lowest BCUT2D eigenvalue weighted by atomic mass is 10.2. The zero-order valence-electron chi connectivity index (χ0n) is 18.6. The van der Waals surface area contributed by atoms with Crippen molar-refractivity contribution in [3.63, 3.8) is 0 Å². The number of aromatic amines is 1. The number of hydrazone groups is 1. The number of hydrogen-bond donors (Lipinski definition) is 2. The fourth-order valence-corrected chi connectivity index (χ4v) is 3.37. The van der Waals surface area contributed by atoms with Crippen LogP contribution in [0.5, 0.6) is 17.2 Å². The third-order valence-corrected chi connectivity index (χ3v) is 4.94. The van der Waals surface area contributed by atoms with E-state index in [1.54, 1.807) is 44.6 Å². The lowest BCUT2D eigenvalue weighted by molar-refractivity contribution is 0.0955. The van der Waals surface area contributed by atoms with Crippen LogP contribution in [0.2, 0.25) is 0 Å².